The van der Waals surface area contributed by atoms with Gasteiger partial charge in [0, 0.05) is 11.6 Å². The number of nitrogens with one attached hydrogen (secondary N) is 2. The molecule has 2 unspecified atom stereocenters. The summed E-state index contributed by atoms with van der Waals surface area (Å²) in [6.07, 6.45) is 6.89. The zero-order chi connectivity index (χ0) is 14.1. The van der Waals surface area contributed by atoms with Crippen molar-refractivity contribution in [2.24, 2.45) is 0 Å². The molecule has 2 aromatic rings. The van der Waals surface area contributed by atoms with Crippen molar-refractivity contribution >= 4 is 0 Å². The van der Waals surface area contributed by atoms with Gasteiger partial charge in [-0.3, -0.25) is 0 Å². The Hall–Kier alpha value is -1.72. The molecule has 2 heterocycles. The molecule has 2 aliphatic rings. The molecule has 0 spiro atoms. The minimum Gasteiger partial charge on any atom is -0.312 e. The predicted octanol–water partition coefficient (Wildman–Crippen LogP) is 1.64. The van der Waals surface area contributed by atoms with Gasteiger partial charge in [0.15, 0.2) is 5.82 Å². The highest BCUT2D eigenvalue weighted by Gasteiger charge is 2.45. The monoisotopic (exact) mass is 283 g/mol. The third-order valence-corrected chi connectivity index (χ3v) is 4.90. The molecule has 2 atom stereocenters. The van der Waals surface area contributed by atoms with Gasteiger partial charge in [-0.25, -0.2) is 9.67 Å². The zero-order valence-corrected chi connectivity index (χ0v) is 12.1. The first-order chi connectivity index (χ1) is 10.4. The highest BCUT2D eigenvalue weighted by atomic mass is 15.3. The maximum absolute atomic E-state index is 4.57. The van der Waals surface area contributed by atoms with E-state index >= 15 is 0 Å². The first kappa shape index (κ1) is 13.0. The molecule has 0 bridgehead atoms. The molecule has 5 heteroatoms. The van der Waals surface area contributed by atoms with Gasteiger partial charge in [0.05, 0.1) is 12.2 Å². The summed E-state index contributed by atoms with van der Waals surface area (Å²) in [5.41, 5.74) is 1.33. The van der Waals surface area contributed by atoms with E-state index in [9.17, 15) is 0 Å². The van der Waals surface area contributed by atoms with Gasteiger partial charge >= 0.3 is 0 Å². The van der Waals surface area contributed by atoms with Crippen molar-refractivity contribution in [1.29, 1.82) is 0 Å². The van der Waals surface area contributed by atoms with Gasteiger partial charge in [-0.1, -0.05) is 18.2 Å². The molecule has 1 aliphatic heterocycles. The van der Waals surface area contributed by atoms with Crippen molar-refractivity contribution in [3.63, 3.8) is 0 Å². The first-order valence-electron chi connectivity index (χ1n) is 7.80. The van der Waals surface area contributed by atoms with Crippen LogP contribution in [0.3, 0.4) is 0 Å². The van der Waals surface area contributed by atoms with Crippen LogP contribution in [0.2, 0.25) is 0 Å². The molecule has 1 saturated carbocycles. The van der Waals surface area contributed by atoms with E-state index in [2.05, 4.69) is 20.7 Å². The van der Waals surface area contributed by atoms with Crippen molar-refractivity contribution in [3.05, 3.63) is 42.5 Å². The number of benzene rings is 1. The van der Waals surface area contributed by atoms with Gasteiger partial charge < -0.3 is 10.6 Å². The number of para-hydroxylation sites is 1. The molecular formula is C16H21N5. The number of rotatable bonds is 4. The average Bonchev–Trinajstić information content (AvgIpc) is 3.21. The Labute approximate surface area is 124 Å². The lowest BCUT2D eigenvalue weighted by Gasteiger charge is -2.29. The van der Waals surface area contributed by atoms with E-state index in [-0.39, 0.29) is 5.54 Å². The Morgan fingerprint density at radius 3 is 3.10 bits per heavy atom. The van der Waals surface area contributed by atoms with Gasteiger partial charge in [0.2, 0.25) is 0 Å². The smallest absolute Gasteiger partial charge is 0.164 e. The number of aromatic nitrogens is 3. The molecule has 0 amide bonds. The lowest BCUT2D eigenvalue weighted by molar-refractivity contribution is 0.315. The molecule has 2 N–H and O–H groups in total. The standard InChI is InChI=1S/C16H21N5/c1-2-5-13(6-3-1)21-12-18-15(20-21)11-19-16-8-4-7-14(16)17-10-9-16/h1-3,5-6,12,14,17,19H,4,7-11H2. The highest BCUT2D eigenvalue weighted by Crippen LogP contribution is 2.36. The van der Waals surface area contributed by atoms with Crippen LogP contribution in [0.5, 0.6) is 0 Å². The van der Waals surface area contributed by atoms with E-state index in [1.165, 1.54) is 25.7 Å². The van der Waals surface area contributed by atoms with Crippen molar-refractivity contribution < 1.29 is 0 Å². The summed E-state index contributed by atoms with van der Waals surface area (Å²) in [6, 6.07) is 10.8. The van der Waals surface area contributed by atoms with Gasteiger partial charge in [-0.05, 0) is 44.4 Å². The van der Waals surface area contributed by atoms with Crippen LogP contribution < -0.4 is 10.6 Å². The van der Waals surface area contributed by atoms with Gasteiger partial charge in [-0.15, -0.1) is 5.10 Å². The van der Waals surface area contributed by atoms with Crippen LogP contribution in [0.25, 0.3) is 5.69 Å². The fourth-order valence-corrected chi connectivity index (χ4v) is 3.78. The predicted molar refractivity (Wildman–Crippen MR) is 81.2 cm³/mol. The second-order valence-corrected chi connectivity index (χ2v) is 6.10. The summed E-state index contributed by atoms with van der Waals surface area (Å²) in [5.74, 6) is 0.866. The summed E-state index contributed by atoms with van der Waals surface area (Å²) in [6.45, 7) is 1.88. The molecule has 0 radical (unpaired) electrons. The quantitative estimate of drug-likeness (QED) is 0.896. The van der Waals surface area contributed by atoms with Crippen LogP contribution in [-0.2, 0) is 6.54 Å². The second kappa shape index (κ2) is 5.24. The number of fused-ring (bicyclic) bond motifs is 1. The minimum absolute atomic E-state index is 0.276. The molecular weight excluding hydrogens is 262 g/mol. The maximum atomic E-state index is 4.57. The van der Waals surface area contributed by atoms with Gasteiger partial charge in [0.25, 0.3) is 0 Å². The fraction of sp³-hybridized carbons (Fsp3) is 0.500. The average molecular weight is 283 g/mol. The summed E-state index contributed by atoms with van der Waals surface area (Å²) >= 11 is 0. The van der Waals surface area contributed by atoms with E-state index in [0.29, 0.717) is 6.04 Å². The van der Waals surface area contributed by atoms with E-state index in [4.69, 9.17) is 0 Å². The normalized spacial score (nSPS) is 27.9. The lowest BCUT2D eigenvalue weighted by atomic mass is 9.93. The van der Waals surface area contributed by atoms with E-state index in [1.807, 2.05) is 35.0 Å². The molecule has 110 valence electrons. The van der Waals surface area contributed by atoms with Crippen LogP contribution in [0, 0.1) is 0 Å². The van der Waals surface area contributed by atoms with Crippen molar-refractivity contribution in [2.45, 2.75) is 43.8 Å². The van der Waals surface area contributed by atoms with E-state index in [1.54, 1.807) is 6.33 Å². The van der Waals surface area contributed by atoms with Crippen LogP contribution in [-0.4, -0.2) is 32.9 Å². The third-order valence-electron chi connectivity index (χ3n) is 4.90. The molecule has 1 aromatic carbocycles. The second-order valence-electron chi connectivity index (χ2n) is 6.10. The van der Waals surface area contributed by atoms with E-state index < -0.39 is 0 Å². The Bertz CT molecular complexity index is 596. The minimum atomic E-state index is 0.276. The largest absolute Gasteiger partial charge is 0.312 e. The van der Waals surface area contributed by atoms with E-state index in [0.717, 1.165) is 24.6 Å². The first-order valence-corrected chi connectivity index (χ1v) is 7.80. The summed E-state index contributed by atoms with van der Waals surface area (Å²) in [4.78, 5) is 4.43. The van der Waals surface area contributed by atoms with Crippen LogP contribution in [0.4, 0.5) is 0 Å². The van der Waals surface area contributed by atoms with Crippen LogP contribution in [0.15, 0.2) is 36.7 Å². The SMILES string of the molecule is c1ccc(-n2cnc(CNC34CCCC3NCC4)n2)cc1. The highest BCUT2D eigenvalue weighted by molar-refractivity contribution is 5.29. The Kier molecular flexibility index (Phi) is 3.24. The molecule has 4 rings (SSSR count). The molecule has 5 nitrogen and oxygen atoms in total. The Balaban J connectivity index is 1.45. The summed E-state index contributed by atoms with van der Waals surface area (Å²) < 4.78 is 1.84. The number of hydrogen-bond donors (Lipinski definition) is 2. The zero-order valence-electron chi connectivity index (χ0n) is 12.1. The topological polar surface area (TPSA) is 54.8 Å². The summed E-state index contributed by atoms with van der Waals surface area (Å²) in [5, 5.41) is 11.9. The molecule has 1 aliphatic carbocycles. The molecule has 1 aromatic heterocycles. The number of nitrogens with zero attached hydrogens (tertiary/aromatic N) is 3. The molecule has 2 fully saturated rings. The molecule has 1 saturated heterocycles. The molecule has 21 heavy (non-hydrogen) atoms. The van der Waals surface area contributed by atoms with Crippen molar-refractivity contribution in [2.75, 3.05) is 6.54 Å². The Morgan fingerprint density at radius 2 is 2.19 bits per heavy atom. The lowest BCUT2D eigenvalue weighted by Crippen LogP contribution is -2.50. The Morgan fingerprint density at radius 1 is 1.29 bits per heavy atom. The third kappa shape index (κ3) is 2.36. The fourth-order valence-electron chi connectivity index (χ4n) is 3.78. The van der Waals surface area contributed by atoms with Crippen molar-refractivity contribution in [1.82, 2.24) is 25.4 Å². The van der Waals surface area contributed by atoms with Crippen LogP contribution >= 0.6 is 0 Å². The van der Waals surface area contributed by atoms with Gasteiger partial charge in [0.1, 0.15) is 6.33 Å². The number of hydrogen-bond acceptors (Lipinski definition) is 4. The summed E-state index contributed by atoms with van der Waals surface area (Å²) in [7, 11) is 0. The maximum Gasteiger partial charge on any atom is 0.164 e. The van der Waals surface area contributed by atoms with Crippen LogP contribution in [0.1, 0.15) is 31.5 Å². The van der Waals surface area contributed by atoms with Gasteiger partial charge in [-0.2, -0.15) is 0 Å². The van der Waals surface area contributed by atoms with Crippen molar-refractivity contribution in [3.8, 4) is 5.69 Å².